The molecule has 1 rings (SSSR count). The third kappa shape index (κ3) is 3.43. The van der Waals surface area contributed by atoms with Gasteiger partial charge in [-0.15, -0.1) is 0 Å². The molecule has 14 heavy (non-hydrogen) atoms. The van der Waals surface area contributed by atoms with Crippen LogP contribution in [0.15, 0.2) is 24.3 Å². The molecule has 0 saturated heterocycles. The summed E-state index contributed by atoms with van der Waals surface area (Å²) >= 11 is 0. The lowest BCUT2D eigenvalue weighted by atomic mass is 10.1. The molecule has 0 aliphatic rings. The first kappa shape index (κ1) is 11.1. The van der Waals surface area contributed by atoms with Crippen LogP contribution in [0.25, 0.3) is 0 Å². The van der Waals surface area contributed by atoms with E-state index in [9.17, 15) is 17.9 Å². The van der Waals surface area contributed by atoms with Crippen molar-refractivity contribution in [3.8, 4) is 0 Å². The van der Waals surface area contributed by atoms with Crippen molar-refractivity contribution in [3.63, 3.8) is 0 Å². The molecule has 3 nitrogen and oxygen atoms in total. The maximum Gasteiger partial charge on any atom is 0.150 e. The van der Waals surface area contributed by atoms with Crippen molar-refractivity contribution < 1.29 is 17.9 Å². The van der Waals surface area contributed by atoms with Crippen LogP contribution >= 0.6 is 0 Å². The van der Waals surface area contributed by atoms with Crippen LogP contribution in [-0.4, -0.2) is 25.5 Å². The minimum atomic E-state index is -3.23. The van der Waals surface area contributed by atoms with Gasteiger partial charge in [0.2, 0.25) is 0 Å². The highest BCUT2D eigenvalue weighted by atomic mass is 32.2. The number of aliphatic hydroxyl groups is 1. The van der Waals surface area contributed by atoms with E-state index in [1.54, 1.807) is 0 Å². The minimum Gasteiger partial charge on any atom is -0.387 e. The predicted molar refractivity (Wildman–Crippen MR) is 51.1 cm³/mol. The number of hydrogen-bond donors (Lipinski definition) is 1. The number of hydrogen-bond acceptors (Lipinski definition) is 3. The quantitative estimate of drug-likeness (QED) is 0.820. The van der Waals surface area contributed by atoms with E-state index in [1.807, 2.05) is 0 Å². The number of rotatable bonds is 3. The fraction of sp³-hybridized carbons (Fsp3) is 0.333. The lowest BCUT2D eigenvalue weighted by Crippen LogP contribution is -2.12. The van der Waals surface area contributed by atoms with Gasteiger partial charge in [-0.25, -0.2) is 12.8 Å². The van der Waals surface area contributed by atoms with Crippen LogP contribution in [0.3, 0.4) is 0 Å². The molecule has 0 heterocycles. The summed E-state index contributed by atoms with van der Waals surface area (Å²) in [7, 11) is -3.23. The molecule has 0 aliphatic carbocycles. The number of aliphatic hydroxyl groups excluding tert-OH is 1. The summed E-state index contributed by atoms with van der Waals surface area (Å²) < 4.78 is 34.2. The Bertz CT molecular complexity index is 397. The summed E-state index contributed by atoms with van der Waals surface area (Å²) in [6, 6.07) is 5.10. The molecule has 1 N–H and O–H groups in total. The van der Waals surface area contributed by atoms with Gasteiger partial charge in [-0.05, 0) is 17.7 Å². The fourth-order valence-electron chi connectivity index (χ4n) is 1.07. The van der Waals surface area contributed by atoms with Crippen molar-refractivity contribution in [2.24, 2.45) is 0 Å². The summed E-state index contributed by atoms with van der Waals surface area (Å²) in [5.74, 6) is -0.765. The molecule has 0 fully saturated rings. The second-order valence-corrected chi connectivity index (χ2v) is 5.34. The van der Waals surface area contributed by atoms with Gasteiger partial charge in [0.1, 0.15) is 15.7 Å². The van der Waals surface area contributed by atoms with Gasteiger partial charge in [0.25, 0.3) is 0 Å². The van der Waals surface area contributed by atoms with Gasteiger partial charge in [-0.3, -0.25) is 0 Å². The Morgan fingerprint density at radius 1 is 1.36 bits per heavy atom. The molecule has 0 amide bonds. The highest BCUT2D eigenvalue weighted by molar-refractivity contribution is 7.90. The van der Waals surface area contributed by atoms with E-state index in [0.29, 0.717) is 5.56 Å². The number of sulfone groups is 1. The Morgan fingerprint density at radius 3 is 2.29 bits per heavy atom. The van der Waals surface area contributed by atoms with Gasteiger partial charge in [0, 0.05) is 6.26 Å². The molecular weight excluding hydrogens is 207 g/mol. The molecule has 0 saturated carbocycles. The molecule has 78 valence electrons. The highest BCUT2D eigenvalue weighted by Crippen LogP contribution is 2.14. The molecule has 0 bridgehead atoms. The Kier molecular flexibility index (Phi) is 3.23. The fourth-order valence-corrected chi connectivity index (χ4v) is 1.83. The van der Waals surface area contributed by atoms with E-state index in [-0.39, 0.29) is 5.75 Å². The normalized spacial score (nSPS) is 13.9. The zero-order valence-corrected chi connectivity index (χ0v) is 8.46. The van der Waals surface area contributed by atoms with Gasteiger partial charge >= 0.3 is 0 Å². The van der Waals surface area contributed by atoms with Crippen LogP contribution in [0.1, 0.15) is 11.7 Å². The summed E-state index contributed by atoms with van der Waals surface area (Å²) in [5.41, 5.74) is 0.400. The first-order chi connectivity index (χ1) is 6.38. The average Bonchev–Trinajstić information content (AvgIpc) is 2.02. The Labute approximate surface area is 82.1 Å². The lowest BCUT2D eigenvalue weighted by molar-refractivity contribution is 0.202. The van der Waals surface area contributed by atoms with Crippen LogP contribution < -0.4 is 0 Å². The van der Waals surface area contributed by atoms with Crippen LogP contribution in [0.5, 0.6) is 0 Å². The second kappa shape index (κ2) is 4.06. The Balaban J connectivity index is 2.80. The lowest BCUT2D eigenvalue weighted by Gasteiger charge is -2.08. The van der Waals surface area contributed by atoms with Crippen molar-refractivity contribution in [2.75, 3.05) is 12.0 Å². The van der Waals surface area contributed by atoms with Gasteiger partial charge < -0.3 is 5.11 Å². The van der Waals surface area contributed by atoms with E-state index in [0.717, 1.165) is 6.26 Å². The predicted octanol–water partition coefficient (Wildman–Crippen LogP) is 0.904. The third-order valence-corrected chi connectivity index (χ3v) is 2.64. The first-order valence-corrected chi connectivity index (χ1v) is 6.06. The summed E-state index contributed by atoms with van der Waals surface area (Å²) in [5, 5.41) is 9.45. The van der Waals surface area contributed by atoms with Crippen molar-refractivity contribution in [2.45, 2.75) is 6.10 Å². The molecular formula is C9H11FO3S. The van der Waals surface area contributed by atoms with Crippen LogP contribution in [0.4, 0.5) is 4.39 Å². The Morgan fingerprint density at radius 2 is 1.86 bits per heavy atom. The van der Waals surface area contributed by atoms with E-state index < -0.39 is 21.8 Å². The van der Waals surface area contributed by atoms with Crippen molar-refractivity contribution >= 4 is 9.84 Å². The zero-order valence-electron chi connectivity index (χ0n) is 7.64. The molecule has 0 unspecified atom stereocenters. The molecule has 0 aliphatic heterocycles. The van der Waals surface area contributed by atoms with E-state index in [1.165, 1.54) is 24.3 Å². The summed E-state index contributed by atoms with van der Waals surface area (Å²) in [4.78, 5) is 0. The second-order valence-electron chi connectivity index (χ2n) is 3.16. The van der Waals surface area contributed by atoms with Crippen molar-refractivity contribution in [1.29, 1.82) is 0 Å². The molecule has 1 atom stereocenters. The van der Waals surface area contributed by atoms with E-state index >= 15 is 0 Å². The van der Waals surface area contributed by atoms with Gasteiger partial charge in [-0.2, -0.15) is 0 Å². The van der Waals surface area contributed by atoms with Crippen LogP contribution in [-0.2, 0) is 9.84 Å². The molecule has 0 spiro atoms. The molecule has 0 radical (unpaired) electrons. The van der Waals surface area contributed by atoms with Crippen molar-refractivity contribution in [1.82, 2.24) is 0 Å². The van der Waals surface area contributed by atoms with E-state index in [4.69, 9.17) is 0 Å². The average molecular weight is 218 g/mol. The highest BCUT2D eigenvalue weighted by Gasteiger charge is 2.13. The summed E-state index contributed by atoms with van der Waals surface area (Å²) in [6.45, 7) is 0. The maximum absolute atomic E-state index is 12.5. The topological polar surface area (TPSA) is 54.4 Å². The van der Waals surface area contributed by atoms with Crippen LogP contribution in [0.2, 0.25) is 0 Å². The third-order valence-electron chi connectivity index (χ3n) is 1.72. The molecule has 5 heteroatoms. The largest absolute Gasteiger partial charge is 0.387 e. The first-order valence-electron chi connectivity index (χ1n) is 4.00. The standard InChI is InChI=1S/C9H11FO3S/c1-14(12,13)6-9(11)7-2-4-8(10)5-3-7/h2-5,9,11H,6H2,1H3/t9-/m1/s1. The van der Waals surface area contributed by atoms with Crippen LogP contribution in [0, 0.1) is 5.82 Å². The SMILES string of the molecule is CS(=O)(=O)C[C@@H](O)c1ccc(F)cc1. The van der Waals surface area contributed by atoms with Gasteiger partial charge in [-0.1, -0.05) is 12.1 Å². The molecule has 0 aromatic heterocycles. The number of benzene rings is 1. The van der Waals surface area contributed by atoms with Gasteiger partial charge in [0.15, 0.2) is 0 Å². The van der Waals surface area contributed by atoms with Gasteiger partial charge in [0.05, 0.1) is 11.9 Å². The Hall–Kier alpha value is -0.940. The monoisotopic (exact) mass is 218 g/mol. The minimum absolute atomic E-state index is 0.349. The smallest absolute Gasteiger partial charge is 0.150 e. The maximum atomic E-state index is 12.5. The molecule has 1 aromatic rings. The zero-order chi connectivity index (χ0) is 10.8. The van der Waals surface area contributed by atoms with E-state index in [2.05, 4.69) is 0 Å². The number of halogens is 1. The summed E-state index contributed by atoms with van der Waals surface area (Å²) in [6.07, 6.45) is -0.0506. The van der Waals surface area contributed by atoms with Crippen molar-refractivity contribution in [3.05, 3.63) is 35.6 Å². The molecule has 1 aromatic carbocycles.